The van der Waals surface area contributed by atoms with Gasteiger partial charge >= 0.3 is 5.97 Å². The van der Waals surface area contributed by atoms with Crippen LogP contribution in [0.15, 0.2) is 36.4 Å². The normalized spacial score (nSPS) is 10.2. The minimum Gasteiger partial charge on any atom is -0.493 e. The van der Waals surface area contributed by atoms with E-state index in [9.17, 15) is 9.18 Å². The van der Waals surface area contributed by atoms with Crippen LogP contribution in [0.3, 0.4) is 0 Å². The Kier molecular flexibility index (Phi) is 7.08. The lowest BCUT2D eigenvalue weighted by molar-refractivity contribution is 0.0481. The van der Waals surface area contributed by atoms with E-state index in [1.54, 1.807) is 12.1 Å². The van der Waals surface area contributed by atoms with Crippen LogP contribution in [0.1, 0.15) is 16.8 Å². The van der Waals surface area contributed by atoms with Gasteiger partial charge in [0.05, 0.1) is 34.5 Å². The topological polar surface area (TPSA) is 63.2 Å². The number of benzene rings is 2. The van der Waals surface area contributed by atoms with Crippen molar-refractivity contribution in [3.8, 4) is 23.0 Å². The zero-order chi connectivity index (χ0) is 18.9. The summed E-state index contributed by atoms with van der Waals surface area (Å²) in [5.74, 6) is 0.719. The van der Waals surface area contributed by atoms with Gasteiger partial charge in [-0.25, -0.2) is 9.18 Å². The van der Waals surface area contributed by atoms with E-state index in [0.717, 1.165) is 0 Å². The molecule has 0 N–H and O–H groups in total. The molecule has 0 spiro atoms. The van der Waals surface area contributed by atoms with Crippen LogP contribution in [-0.4, -0.2) is 40.5 Å². The molecule has 26 heavy (non-hydrogen) atoms. The van der Waals surface area contributed by atoms with Gasteiger partial charge < -0.3 is 23.7 Å². The summed E-state index contributed by atoms with van der Waals surface area (Å²) >= 11 is 0. The molecule has 0 saturated heterocycles. The average Bonchev–Trinajstić information content (AvgIpc) is 2.67. The van der Waals surface area contributed by atoms with E-state index < -0.39 is 5.97 Å². The van der Waals surface area contributed by atoms with Crippen LogP contribution >= 0.6 is 0 Å². The van der Waals surface area contributed by atoms with Crippen molar-refractivity contribution in [3.63, 3.8) is 0 Å². The molecule has 0 radical (unpaired) electrons. The van der Waals surface area contributed by atoms with Gasteiger partial charge in [0.2, 0.25) is 5.75 Å². The maximum absolute atomic E-state index is 12.8. The van der Waals surface area contributed by atoms with E-state index >= 15 is 0 Å². The van der Waals surface area contributed by atoms with E-state index in [4.69, 9.17) is 23.7 Å². The first-order chi connectivity index (χ1) is 12.6. The largest absolute Gasteiger partial charge is 0.493 e. The fourth-order valence-electron chi connectivity index (χ4n) is 2.28. The Morgan fingerprint density at radius 1 is 0.885 bits per heavy atom. The first kappa shape index (κ1) is 19.4. The number of rotatable bonds is 9. The first-order valence-corrected chi connectivity index (χ1v) is 7.95. The molecule has 2 rings (SSSR count). The van der Waals surface area contributed by atoms with Gasteiger partial charge in [0.25, 0.3) is 0 Å². The van der Waals surface area contributed by atoms with Crippen LogP contribution in [0.25, 0.3) is 0 Å². The molecule has 0 atom stereocenters. The van der Waals surface area contributed by atoms with Crippen LogP contribution < -0.4 is 18.9 Å². The molecule has 0 aliphatic rings. The lowest BCUT2D eigenvalue weighted by Crippen LogP contribution is -2.11. The molecule has 0 amide bonds. The fraction of sp³-hybridized carbons (Fsp3) is 0.316. The molecule has 7 heteroatoms. The average molecular weight is 364 g/mol. The van der Waals surface area contributed by atoms with Crippen molar-refractivity contribution in [2.24, 2.45) is 0 Å². The highest BCUT2D eigenvalue weighted by molar-refractivity contribution is 5.94. The molecule has 2 aromatic carbocycles. The van der Waals surface area contributed by atoms with E-state index in [1.807, 2.05) is 0 Å². The lowest BCUT2D eigenvalue weighted by Gasteiger charge is -2.15. The number of carbonyl (C=O) groups excluding carboxylic acids is 1. The van der Waals surface area contributed by atoms with Crippen molar-refractivity contribution in [2.75, 3.05) is 34.5 Å². The third-order valence-corrected chi connectivity index (χ3v) is 3.53. The maximum Gasteiger partial charge on any atom is 0.342 e. The smallest absolute Gasteiger partial charge is 0.342 e. The molecule has 0 aliphatic heterocycles. The van der Waals surface area contributed by atoms with Crippen LogP contribution in [-0.2, 0) is 4.74 Å². The van der Waals surface area contributed by atoms with Gasteiger partial charge in [-0.05, 0) is 36.4 Å². The Hall–Kier alpha value is -2.96. The Morgan fingerprint density at radius 2 is 1.58 bits per heavy atom. The molecule has 6 nitrogen and oxygen atoms in total. The summed E-state index contributed by atoms with van der Waals surface area (Å²) < 4.78 is 39.2. The van der Waals surface area contributed by atoms with Crippen LogP contribution in [0.2, 0.25) is 0 Å². The molecule has 0 aliphatic carbocycles. The maximum atomic E-state index is 12.8. The second kappa shape index (κ2) is 9.50. The minimum atomic E-state index is -0.537. The molecular weight excluding hydrogens is 343 g/mol. The summed E-state index contributed by atoms with van der Waals surface area (Å²) in [6.45, 7) is 0.500. The summed E-state index contributed by atoms with van der Waals surface area (Å²) in [5.41, 5.74) is 0.240. The van der Waals surface area contributed by atoms with Gasteiger partial charge in [-0.3, -0.25) is 0 Å². The van der Waals surface area contributed by atoms with E-state index in [-0.39, 0.29) is 23.7 Å². The third-order valence-electron chi connectivity index (χ3n) is 3.53. The van der Waals surface area contributed by atoms with Gasteiger partial charge in [-0.1, -0.05) is 0 Å². The van der Waals surface area contributed by atoms with Crippen molar-refractivity contribution in [3.05, 3.63) is 47.8 Å². The van der Waals surface area contributed by atoms with Gasteiger partial charge in [0.1, 0.15) is 17.1 Å². The number of halogens is 1. The molecule has 2 aromatic rings. The number of hydrogen-bond donors (Lipinski definition) is 0. The molecule has 140 valence electrons. The number of esters is 1. The zero-order valence-corrected chi connectivity index (χ0v) is 14.9. The number of carbonyl (C=O) groups is 1. The SMILES string of the molecule is COc1ccc(C(=O)OCCCOc2ccc(F)cc2)c(OC)c1OC. The number of ether oxygens (including phenoxy) is 5. The van der Waals surface area contributed by atoms with Gasteiger partial charge in [-0.15, -0.1) is 0 Å². The zero-order valence-electron chi connectivity index (χ0n) is 14.9. The fourth-order valence-corrected chi connectivity index (χ4v) is 2.28. The third kappa shape index (κ3) is 4.78. The molecular formula is C19H21FO6. The first-order valence-electron chi connectivity index (χ1n) is 7.95. The second-order valence-electron chi connectivity index (χ2n) is 5.17. The highest BCUT2D eigenvalue weighted by atomic mass is 19.1. The van der Waals surface area contributed by atoms with Crippen molar-refractivity contribution < 1.29 is 32.9 Å². The Labute approximate surface area is 151 Å². The summed E-state index contributed by atoms with van der Waals surface area (Å²) in [6.07, 6.45) is 0.485. The quantitative estimate of drug-likeness (QED) is 0.501. The Balaban J connectivity index is 1.88. The molecule has 0 bridgehead atoms. The predicted molar refractivity (Wildman–Crippen MR) is 92.9 cm³/mol. The van der Waals surface area contributed by atoms with Crippen molar-refractivity contribution in [1.82, 2.24) is 0 Å². The molecule has 0 heterocycles. The Morgan fingerprint density at radius 3 is 2.19 bits per heavy atom. The predicted octanol–water partition coefficient (Wildman–Crippen LogP) is 3.48. The monoisotopic (exact) mass is 364 g/mol. The van der Waals surface area contributed by atoms with Gasteiger partial charge in [0.15, 0.2) is 11.5 Å². The van der Waals surface area contributed by atoms with E-state index in [1.165, 1.54) is 45.6 Å². The highest BCUT2D eigenvalue weighted by Crippen LogP contribution is 2.39. The van der Waals surface area contributed by atoms with Crippen LogP contribution in [0.5, 0.6) is 23.0 Å². The van der Waals surface area contributed by atoms with Crippen molar-refractivity contribution in [1.29, 1.82) is 0 Å². The highest BCUT2D eigenvalue weighted by Gasteiger charge is 2.21. The molecule has 0 unspecified atom stereocenters. The van der Waals surface area contributed by atoms with Gasteiger partial charge in [-0.2, -0.15) is 0 Å². The molecule has 0 saturated carbocycles. The summed E-state index contributed by atoms with van der Waals surface area (Å²) in [4.78, 5) is 12.3. The van der Waals surface area contributed by atoms with Crippen molar-refractivity contribution in [2.45, 2.75) is 6.42 Å². The van der Waals surface area contributed by atoms with Gasteiger partial charge in [0, 0.05) is 6.42 Å². The summed E-state index contributed by atoms with van der Waals surface area (Å²) in [7, 11) is 4.39. The molecule has 0 aromatic heterocycles. The summed E-state index contributed by atoms with van der Waals surface area (Å²) in [6, 6.07) is 8.87. The number of methoxy groups -OCH3 is 3. The second-order valence-corrected chi connectivity index (χ2v) is 5.17. The van der Waals surface area contributed by atoms with E-state index in [2.05, 4.69) is 0 Å². The van der Waals surface area contributed by atoms with Crippen molar-refractivity contribution >= 4 is 5.97 Å². The minimum absolute atomic E-state index is 0.164. The van der Waals surface area contributed by atoms with E-state index in [0.29, 0.717) is 30.3 Å². The van der Waals surface area contributed by atoms with Crippen LogP contribution in [0, 0.1) is 5.82 Å². The van der Waals surface area contributed by atoms with Crippen LogP contribution in [0.4, 0.5) is 4.39 Å². The molecule has 0 fully saturated rings. The lowest BCUT2D eigenvalue weighted by atomic mass is 10.1. The summed E-state index contributed by atoms with van der Waals surface area (Å²) in [5, 5.41) is 0. The Bertz CT molecular complexity index is 730. The standard InChI is InChI=1S/C19H21FO6/c1-22-16-10-9-15(17(23-2)18(16)24-3)19(21)26-12-4-11-25-14-7-5-13(20)6-8-14/h5-10H,4,11-12H2,1-3H3. The number of hydrogen-bond acceptors (Lipinski definition) is 6.